The Morgan fingerprint density at radius 3 is 2.57 bits per heavy atom. The molecule has 0 saturated carbocycles. The molecule has 2 aliphatic rings. The number of aliphatic carboxylic acids is 1. The molecule has 0 amide bonds. The molecular formula is C16H17ClN2O2. The smallest absolute Gasteiger partial charge is 0.303 e. The molecule has 2 saturated heterocycles. The average molecular weight is 305 g/mol. The van der Waals surface area contributed by atoms with E-state index in [4.69, 9.17) is 22.0 Å². The minimum Gasteiger partial charge on any atom is -0.481 e. The lowest BCUT2D eigenvalue weighted by atomic mass is 9.88. The quantitative estimate of drug-likeness (QED) is 0.929. The van der Waals surface area contributed by atoms with E-state index in [2.05, 4.69) is 11.0 Å². The Bertz CT molecular complexity index is 597. The van der Waals surface area contributed by atoms with Gasteiger partial charge in [0.1, 0.15) is 0 Å². The van der Waals surface area contributed by atoms with Gasteiger partial charge in [-0.25, -0.2) is 0 Å². The van der Waals surface area contributed by atoms with Crippen molar-refractivity contribution in [3.63, 3.8) is 0 Å². The van der Waals surface area contributed by atoms with Crippen LogP contribution in [0.5, 0.6) is 0 Å². The van der Waals surface area contributed by atoms with E-state index in [1.807, 2.05) is 6.07 Å². The predicted molar refractivity (Wildman–Crippen MR) is 80.4 cm³/mol. The summed E-state index contributed by atoms with van der Waals surface area (Å²) in [5.41, 5.74) is 1.55. The van der Waals surface area contributed by atoms with Crippen LogP contribution in [-0.2, 0) is 4.79 Å². The number of carboxylic acid groups (broad SMARTS) is 1. The number of nitriles is 1. The number of nitrogens with zero attached hydrogens (tertiary/aromatic N) is 2. The first-order valence-corrected chi connectivity index (χ1v) is 7.66. The molecule has 0 aliphatic carbocycles. The van der Waals surface area contributed by atoms with Gasteiger partial charge in [0.25, 0.3) is 0 Å². The summed E-state index contributed by atoms with van der Waals surface area (Å²) in [6.45, 7) is 0. The zero-order chi connectivity index (χ0) is 15.0. The first kappa shape index (κ1) is 14.2. The van der Waals surface area contributed by atoms with E-state index in [1.54, 1.807) is 12.1 Å². The minimum absolute atomic E-state index is 0.266. The maximum absolute atomic E-state index is 10.9. The summed E-state index contributed by atoms with van der Waals surface area (Å²) in [6, 6.07) is 8.27. The van der Waals surface area contributed by atoms with Crippen molar-refractivity contribution in [3.8, 4) is 6.07 Å². The fraction of sp³-hybridized carbons (Fsp3) is 0.500. The molecule has 0 aromatic heterocycles. The van der Waals surface area contributed by atoms with Crippen LogP contribution in [0, 0.1) is 17.2 Å². The van der Waals surface area contributed by atoms with E-state index in [-0.39, 0.29) is 12.3 Å². The molecule has 2 bridgehead atoms. The molecule has 2 unspecified atom stereocenters. The molecule has 2 fully saturated rings. The number of hydrogen-bond donors (Lipinski definition) is 1. The van der Waals surface area contributed by atoms with Gasteiger partial charge in [-0.3, -0.25) is 4.79 Å². The second kappa shape index (κ2) is 5.57. The van der Waals surface area contributed by atoms with Gasteiger partial charge in [-0.05, 0) is 49.8 Å². The highest BCUT2D eigenvalue weighted by atomic mass is 35.5. The van der Waals surface area contributed by atoms with E-state index < -0.39 is 5.97 Å². The van der Waals surface area contributed by atoms with Crippen LogP contribution < -0.4 is 4.90 Å². The summed E-state index contributed by atoms with van der Waals surface area (Å²) >= 11 is 6.33. The number of carboxylic acids is 1. The van der Waals surface area contributed by atoms with Crippen molar-refractivity contribution in [2.75, 3.05) is 4.90 Å². The third-order valence-corrected chi connectivity index (χ3v) is 4.95. The van der Waals surface area contributed by atoms with E-state index in [0.717, 1.165) is 31.4 Å². The Morgan fingerprint density at radius 2 is 2.05 bits per heavy atom. The molecule has 0 spiro atoms. The van der Waals surface area contributed by atoms with Crippen LogP contribution >= 0.6 is 11.6 Å². The van der Waals surface area contributed by atoms with Crippen molar-refractivity contribution in [2.24, 2.45) is 5.92 Å². The van der Waals surface area contributed by atoms with Crippen molar-refractivity contribution in [3.05, 3.63) is 28.8 Å². The standard InChI is InChI=1S/C16H17ClN2O2/c17-14-7-10(9-18)1-4-15(14)19-12-2-3-13(19)6-11(5-12)8-16(20)21/h1,4,7,11-13H,2-3,5-6,8H2,(H,20,21). The van der Waals surface area contributed by atoms with E-state index in [9.17, 15) is 4.79 Å². The second-order valence-electron chi connectivity index (χ2n) is 6.01. The number of benzene rings is 1. The highest BCUT2D eigenvalue weighted by Gasteiger charge is 2.41. The predicted octanol–water partition coefficient (Wildman–Crippen LogP) is 3.43. The van der Waals surface area contributed by atoms with Gasteiger partial charge >= 0.3 is 5.97 Å². The zero-order valence-corrected chi connectivity index (χ0v) is 12.4. The molecular weight excluding hydrogens is 288 g/mol. The molecule has 1 aromatic carbocycles. The third kappa shape index (κ3) is 2.71. The van der Waals surface area contributed by atoms with Gasteiger partial charge < -0.3 is 10.0 Å². The summed E-state index contributed by atoms with van der Waals surface area (Å²) in [5, 5.41) is 18.5. The maximum Gasteiger partial charge on any atom is 0.303 e. The van der Waals surface area contributed by atoms with Gasteiger partial charge in [-0.15, -0.1) is 0 Å². The van der Waals surface area contributed by atoms with Crippen molar-refractivity contribution >= 4 is 23.3 Å². The lowest BCUT2D eigenvalue weighted by Crippen LogP contribution is -2.43. The molecule has 0 radical (unpaired) electrons. The van der Waals surface area contributed by atoms with Crippen molar-refractivity contribution in [1.29, 1.82) is 5.26 Å². The van der Waals surface area contributed by atoms with E-state index in [0.29, 0.717) is 22.7 Å². The molecule has 1 aromatic rings. The topological polar surface area (TPSA) is 64.3 Å². The Morgan fingerprint density at radius 1 is 1.38 bits per heavy atom. The highest BCUT2D eigenvalue weighted by Crippen LogP contribution is 2.44. The Labute approximate surface area is 128 Å². The van der Waals surface area contributed by atoms with Crippen LogP contribution in [0.4, 0.5) is 5.69 Å². The Balaban J connectivity index is 1.82. The molecule has 4 nitrogen and oxygen atoms in total. The molecule has 2 atom stereocenters. The normalized spacial score (nSPS) is 27.4. The number of fused-ring (bicyclic) bond motifs is 2. The first-order chi connectivity index (χ1) is 10.1. The van der Waals surface area contributed by atoms with Crippen LogP contribution in [0.2, 0.25) is 5.02 Å². The Kier molecular flexibility index (Phi) is 3.77. The monoisotopic (exact) mass is 304 g/mol. The third-order valence-electron chi connectivity index (χ3n) is 4.65. The number of hydrogen-bond acceptors (Lipinski definition) is 3. The zero-order valence-electron chi connectivity index (χ0n) is 11.6. The molecule has 110 valence electrons. The van der Waals surface area contributed by atoms with Gasteiger partial charge in [0.05, 0.1) is 22.3 Å². The summed E-state index contributed by atoms with van der Waals surface area (Å²) in [5.74, 6) is -0.433. The van der Waals surface area contributed by atoms with Crippen LogP contribution in [0.25, 0.3) is 0 Å². The van der Waals surface area contributed by atoms with Crippen LogP contribution in [0.15, 0.2) is 18.2 Å². The van der Waals surface area contributed by atoms with Crippen molar-refractivity contribution < 1.29 is 9.90 Å². The number of anilines is 1. The fourth-order valence-electron chi connectivity index (χ4n) is 3.88. The van der Waals surface area contributed by atoms with Crippen LogP contribution in [-0.4, -0.2) is 23.2 Å². The van der Waals surface area contributed by atoms with Crippen LogP contribution in [0.1, 0.15) is 37.7 Å². The lowest BCUT2D eigenvalue weighted by molar-refractivity contribution is -0.138. The average Bonchev–Trinajstić information content (AvgIpc) is 2.69. The molecule has 2 aliphatic heterocycles. The molecule has 2 heterocycles. The maximum atomic E-state index is 10.9. The highest BCUT2D eigenvalue weighted by molar-refractivity contribution is 6.33. The SMILES string of the molecule is N#Cc1ccc(N2C3CCC2CC(CC(=O)O)C3)c(Cl)c1. The first-order valence-electron chi connectivity index (χ1n) is 7.28. The van der Waals surface area contributed by atoms with E-state index >= 15 is 0 Å². The molecule has 5 heteroatoms. The largest absolute Gasteiger partial charge is 0.481 e. The molecule has 21 heavy (non-hydrogen) atoms. The van der Waals surface area contributed by atoms with Gasteiger partial charge in [0, 0.05) is 18.5 Å². The lowest BCUT2D eigenvalue weighted by Gasteiger charge is -2.40. The summed E-state index contributed by atoms with van der Waals surface area (Å²) in [4.78, 5) is 13.3. The van der Waals surface area contributed by atoms with Gasteiger partial charge in [0.15, 0.2) is 0 Å². The number of piperidine rings is 1. The number of carbonyl (C=O) groups is 1. The minimum atomic E-state index is -0.704. The van der Waals surface area contributed by atoms with E-state index in [1.165, 1.54) is 0 Å². The number of halogens is 1. The molecule has 1 N–H and O–H groups in total. The van der Waals surface area contributed by atoms with Gasteiger partial charge in [-0.1, -0.05) is 11.6 Å². The van der Waals surface area contributed by atoms with Gasteiger partial charge in [-0.2, -0.15) is 5.26 Å². The van der Waals surface area contributed by atoms with Crippen LogP contribution in [0.3, 0.4) is 0 Å². The number of rotatable bonds is 3. The summed E-state index contributed by atoms with van der Waals surface area (Å²) in [6.07, 6.45) is 4.29. The van der Waals surface area contributed by atoms with Gasteiger partial charge in [0.2, 0.25) is 0 Å². The second-order valence-corrected chi connectivity index (χ2v) is 6.41. The van der Waals surface area contributed by atoms with Crippen molar-refractivity contribution in [1.82, 2.24) is 0 Å². The Hall–Kier alpha value is -1.73. The summed E-state index contributed by atoms with van der Waals surface area (Å²) < 4.78 is 0. The summed E-state index contributed by atoms with van der Waals surface area (Å²) in [7, 11) is 0. The molecule has 3 rings (SSSR count). The fourth-order valence-corrected chi connectivity index (χ4v) is 4.16. The van der Waals surface area contributed by atoms with Crippen molar-refractivity contribution in [2.45, 2.75) is 44.2 Å².